The molecule has 0 saturated carbocycles. The number of aryl methyl sites for hydroxylation is 1. The van der Waals surface area contributed by atoms with Crippen LogP contribution in [-0.4, -0.2) is 17.2 Å². The van der Waals surface area contributed by atoms with Crippen LogP contribution in [-0.2, 0) is 4.79 Å². The molecule has 1 heterocycles. The third-order valence-electron chi connectivity index (χ3n) is 3.76. The number of carbonyl (C=O) groups is 1. The molecule has 6 heteroatoms. The van der Waals surface area contributed by atoms with E-state index in [2.05, 4.69) is 16.5 Å². The van der Waals surface area contributed by atoms with Gasteiger partial charge in [-0.05, 0) is 49.2 Å². The summed E-state index contributed by atoms with van der Waals surface area (Å²) in [4.78, 5) is 12.1. The highest BCUT2D eigenvalue weighted by atomic mass is 16.5. The number of rotatable bonds is 5. The van der Waals surface area contributed by atoms with E-state index >= 15 is 0 Å². The van der Waals surface area contributed by atoms with Crippen LogP contribution in [0.25, 0.3) is 11.1 Å². The first-order valence-corrected chi connectivity index (χ1v) is 8.06. The normalized spacial score (nSPS) is 11.4. The number of nitriles is 1. The Labute approximate surface area is 151 Å². The van der Waals surface area contributed by atoms with E-state index in [1.807, 2.05) is 24.3 Å². The summed E-state index contributed by atoms with van der Waals surface area (Å²) >= 11 is 0. The lowest BCUT2D eigenvalue weighted by Gasteiger charge is -2.14. The second-order valence-electron chi connectivity index (χ2n) is 5.79. The number of hydrogen-bond acceptors (Lipinski definition) is 5. The van der Waals surface area contributed by atoms with E-state index in [1.165, 1.54) is 0 Å². The highest BCUT2D eigenvalue weighted by Crippen LogP contribution is 2.23. The van der Waals surface area contributed by atoms with E-state index in [-0.39, 0.29) is 5.91 Å². The minimum absolute atomic E-state index is 0.311. The monoisotopic (exact) mass is 347 g/mol. The molecule has 1 atom stereocenters. The minimum Gasteiger partial charge on any atom is -0.481 e. The summed E-state index contributed by atoms with van der Waals surface area (Å²) in [6.45, 7) is 3.41. The Morgan fingerprint density at radius 3 is 2.31 bits per heavy atom. The first-order valence-electron chi connectivity index (χ1n) is 8.06. The van der Waals surface area contributed by atoms with E-state index in [9.17, 15) is 4.79 Å². The van der Waals surface area contributed by atoms with E-state index in [1.54, 1.807) is 44.2 Å². The van der Waals surface area contributed by atoms with Gasteiger partial charge in [-0.25, -0.2) is 0 Å². The summed E-state index contributed by atoms with van der Waals surface area (Å²) in [5, 5.41) is 15.2. The zero-order valence-electron chi connectivity index (χ0n) is 14.4. The van der Waals surface area contributed by atoms with Crippen molar-refractivity contribution in [3.8, 4) is 22.9 Å². The molecule has 1 amide bonds. The Balaban J connectivity index is 1.62. The lowest BCUT2D eigenvalue weighted by molar-refractivity contribution is -0.122. The fourth-order valence-electron chi connectivity index (χ4n) is 2.37. The minimum atomic E-state index is -0.687. The molecular weight excluding hydrogens is 330 g/mol. The first kappa shape index (κ1) is 17.2. The third-order valence-corrected chi connectivity index (χ3v) is 3.76. The van der Waals surface area contributed by atoms with Crippen LogP contribution in [0.5, 0.6) is 5.75 Å². The molecule has 0 fully saturated rings. The van der Waals surface area contributed by atoms with Crippen LogP contribution in [0.3, 0.4) is 0 Å². The van der Waals surface area contributed by atoms with Crippen molar-refractivity contribution in [1.82, 2.24) is 5.16 Å². The molecule has 0 spiro atoms. The van der Waals surface area contributed by atoms with Gasteiger partial charge in [-0.1, -0.05) is 29.4 Å². The molecule has 0 radical (unpaired) electrons. The highest BCUT2D eigenvalue weighted by molar-refractivity contribution is 5.93. The van der Waals surface area contributed by atoms with Crippen molar-refractivity contribution in [3.05, 3.63) is 65.9 Å². The predicted molar refractivity (Wildman–Crippen MR) is 96.6 cm³/mol. The summed E-state index contributed by atoms with van der Waals surface area (Å²) < 4.78 is 10.6. The molecule has 1 unspecified atom stereocenters. The molecule has 1 N–H and O–H groups in total. The molecule has 130 valence electrons. The number of nitrogens with zero attached hydrogens (tertiary/aromatic N) is 2. The van der Waals surface area contributed by atoms with E-state index in [0.29, 0.717) is 22.9 Å². The number of nitrogens with one attached hydrogen (secondary N) is 1. The van der Waals surface area contributed by atoms with Gasteiger partial charge in [0.15, 0.2) is 11.9 Å². The molecule has 3 aromatic rings. The molecule has 1 aromatic heterocycles. The van der Waals surface area contributed by atoms with Crippen LogP contribution in [0.2, 0.25) is 0 Å². The number of hydrogen-bond donors (Lipinski definition) is 1. The largest absolute Gasteiger partial charge is 0.481 e. The van der Waals surface area contributed by atoms with E-state index < -0.39 is 6.10 Å². The maximum absolute atomic E-state index is 12.1. The number of benzene rings is 2. The molecule has 0 aliphatic rings. The molecule has 0 bridgehead atoms. The Morgan fingerprint density at radius 2 is 1.77 bits per heavy atom. The van der Waals surface area contributed by atoms with Gasteiger partial charge in [0, 0.05) is 6.07 Å². The van der Waals surface area contributed by atoms with Gasteiger partial charge in [-0.2, -0.15) is 5.26 Å². The molecule has 26 heavy (non-hydrogen) atoms. The zero-order chi connectivity index (χ0) is 18.5. The van der Waals surface area contributed by atoms with Crippen LogP contribution in [0.1, 0.15) is 18.2 Å². The quantitative estimate of drug-likeness (QED) is 0.755. The maximum atomic E-state index is 12.1. The fraction of sp³-hybridized carbons (Fsp3) is 0.150. The van der Waals surface area contributed by atoms with Gasteiger partial charge in [0.1, 0.15) is 11.5 Å². The summed E-state index contributed by atoms with van der Waals surface area (Å²) in [5.74, 6) is 1.25. The Bertz CT molecular complexity index is 938. The summed E-state index contributed by atoms with van der Waals surface area (Å²) in [6, 6.07) is 18.5. The van der Waals surface area contributed by atoms with Crippen LogP contribution in [0.15, 0.2) is 59.1 Å². The number of aromatic nitrogens is 1. The van der Waals surface area contributed by atoms with Gasteiger partial charge in [0.25, 0.3) is 5.91 Å². The summed E-state index contributed by atoms with van der Waals surface area (Å²) in [7, 11) is 0. The molecular formula is C20H17N3O3. The second-order valence-corrected chi connectivity index (χ2v) is 5.79. The molecule has 0 aliphatic heterocycles. The SMILES string of the molecule is Cc1cc(NC(=O)C(C)Oc2ccc(-c3ccc(C#N)cc3)cc2)no1. The van der Waals surface area contributed by atoms with Crippen LogP contribution in [0, 0.1) is 18.3 Å². The van der Waals surface area contributed by atoms with Crippen LogP contribution < -0.4 is 10.1 Å². The fourth-order valence-corrected chi connectivity index (χ4v) is 2.37. The van der Waals surface area contributed by atoms with Crippen molar-refractivity contribution in [3.63, 3.8) is 0 Å². The average molecular weight is 347 g/mol. The van der Waals surface area contributed by atoms with Crippen molar-refractivity contribution < 1.29 is 14.1 Å². The zero-order valence-corrected chi connectivity index (χ0v) is 14.4. The van der Waals surface area contributed by atoms with Crippen molar-refractivity contribution in [2.24, 2.45) is 0 Å². The van der Waals surface area contributed by atoms with Crippen molar-refractivity contribution in [2.75, 3.05) is 5.32 Å². The lowest BCUT2D eigenvalue weighted by Crippen LogP contribution is -2.30. The molecule has 3 rings (SSSR count). The van der Waals surface area contributed by atoms with Gasteiger partial charge in [0.05, 0.1) is 11.6 Å². The number of amides is 1. The van der Waals surface area contributed by atoms with E-state index in [0.717, 1.165) is 11.1 Å². The number of carbonyl (C=O) groups excluding carboxylic acids is 1. The average Bonchev–Trinajstić information content (AvgIpc) is 3.07. The predicted octanol–water partition coefficient (Wildman–Crippen LogP) is 3.93. The number of anilines is 1. The van der Waals surface area contributed by atoms with Gasteiger partial charge in [0.2, 0.25) is 0 Å². The number of ether oxygens (including phenoxy) is 1. The Hall–Kier alpha value is -3.59. The topological polar surface area (TPSA) is 88.1 Å². The lowest BCUT2D eigenvalue weighted by atomic mass is 10.0. The first-order chi connectivity index (χ1) is 12.5. The van der Waals surface area contributed by atoms with E-state index in [4.69, 9.17) is 14.5 Å². The van der Waals surface area contributed by atoms with Crippen molar-refractivity contribution in [2.45, 2.75) is 20.0 Å². The molecule has 2 aromatic carbocycles. The van der Waals surface area contributed by atoms with Gasteiger partial charge in [-0.3, -0.25) is 4.79 Å². The standard InChI is InChI=1S/C20H17N3O3/c1-13-11-19(23-26-13)22-20(24)14(2)25-18-9-7-17(8-10-18)16-5-3-15(12-21)4-6-16/h3-11,14H,1-2H3,(H,22,23,24). The molecule has 0 saturated heterocycles. The van der Waals surface area contributed by atoms with Crippen molar-refractivity contribution >= 4 is 11.7 Å². The van der Waals surface area contributed by atoms with Gasteiger partial charge in [-0.15, -0.1) is 0 Å². The van der Waals surface area contributed by atoms with Crippen LogP contribution in [0.4, 0.5) is 5.82 Å². The molecule has 6 nitrogen and oxygen atoms in total. The second kappa shape index (κ2) is 7.53. The maximum Gasteiger partial charge on any atom is 0.266 e. The summed E-state index contributed by atoms with van der Waals surface area (Å²) in [6.07, 6.45) is -0.687. The Kier molecular flexibility index (Phi) is 4.99. The van der Waals surface area contributed by atoms with Gasteiger partial charge < -0.3 is 14.6 Å². The van der Waals surface area contributed by atoms with Crippen molar-refractivity contribution in [1.29, 1.82) is 5.26 Å². The highest BCUT2D eigenvalue weighted by Gasteiger charge is 2.16. The third kappa shape index (κ3) is 4.08. The molecule has 0 aliphatic carbocycles. The van der Waals surface area contributed by atoms with Gasteiger partial charge >= 0.3 is 0 Å². The Morgan fingerprint density at radius 1 is 1.15 bits per heavy atom. The van der Waals surface area contributed by atoms with Crippen LogP contribution >= 0.6 is 0 Å². The summed E-state index contributed by atoms with van der Waals surface area (Å²) in [5.41, 5.74) is 2.62. The smallest absolute Gasteiger partial charge is 0.266 e.